The molecular formula is C13H17N3O6. The van der Waals surface area contributed by atoms with Gasteiger partial charge in [0.2, 0.25) is 0 Å². The molecular weight excluding hydrogens is 294 g/mol. The first-order chi connectivity index (χ1) is 10.5. The molecule has 0 spiro atoms. The lowest BCUT2D eigenvalue weighted by Gasteiger charge is -2.17. The van der Waals surface area contributed by atoms with E-state index in [1.54, 1.807) is 0 Å². The summed E-state index contributed by atoms with van der Waals surface area (Å²) in [6, 6.07) is 3.33. The molecule has 0 saturated carbocycles. The van der Waals surface area contributed by atoms with E-state index in [4.69, 9.17) is 9.47 Å². The molecule has 22 heavy (non-hydrogen) atoms. The lowest BCUT2D eigenvalue weighted by atomic mass is 10.2. The number of nitrogens with zero attached hydrogens (tertiary/aromatic N) is 2. The van der Waals surface area contributed by atoms with Crippen molar-refractivity contribution in [3.8, 4) is 0 Å². The number of rotatable bonds is 7. The molecule has 0 aromatic heterocycles. The number of anilines is 1. The molecule has 0 bridgehead atoms. The Labute approximate surface area is 126 Å². The molecule has 1 aliphatic rings. The first kappa shape index (κ1) is 16.1. The van der Waals surface area contributed by atoms with Crippen LogP contribution >= 0.6 is 0 Å². The molecule has 1 aromatic carbocycles. The fraction of sp³-hybridized carbons (Fsp3) is 0.538. The zero-order chi connectivity index (χ0) is 16.1. The van der Waals surface area contributed by atoms with Gasteiger partial charge in [0.05, 0.1) is 35.2 Å². The van der Waals surface area contributed by atoms with Crippen molar-refractivity contribution in [2.24, 2.45) is 0 Å². The van der Waals surface area contributed by atoms with Crippen LogP contribution in [0.4, 0.5) is 17.1 Å². The van der Waals surface area contributed by atoms with Gasteiger partial charge >= 0.3 is 0 Å². The van der Waals surface area contributed by atoms with Crippen molar-refractivity contribution in [2.75, 3.05) is 25.1 Å². The Bertz CT molecular complexity index is 559. The third-order valence-electron chi connectivity index (χ3n) is 3.26. The van der Waals surface area contributed by atoms with Crippen molar-refractivity contribution in [1.29, 1.82) is 0 Å². The normalized spacial score (nSPS) is 18.9. The fourth-order valence-electron chi connectivity index (χ4n) is 2.14. The lowest BCUT2D eigenvalue weighted by Crippen LogP contribution is -2.26. The molecule has 9 heteroatoms. The second kappa shape index (κ2) is 7.14. The van der Waals surface area contributed by atoms with Gasteiger partial charge in [-0.05, 0) is 19.4 Å². The maximum absolute atomic E-state index is 11.0. The first-order valence-electron chi connectivity index (χ1n) is 6.86. The highest BCUT2D eigenvalue weighted by Crippen LogP contribution is 2.29. The van der Waals surface area contributed by atoms with E-state index in [1.165, 1.54) is 12.1 Å². The van der Waals surface area contributed by atoms with Gasteiger partial charge in [-0.25, -0.2) is 0 Å². The van der Waals surface area contributed by atoms with E-state index >= 15 is 0 Å². The number of nitrogens with one attached hydrogen (secondary N) is 1. The highest BCUT2D eigenvalue weighted by Gasteiger charge is 2.21. The number of ether oxygens (including phenoxy) is 2. The van der Waals surface area contributed by atoms with Crippen LogP contribution < -0.4 is 5.32 Å². The third-order valence-corrected chi connectivity index (χ3v) is 3.26. The number of nitro groups is 2. The molecule has 1 aromatic rings. The Kier molecular flexibility index (Phi) is 5.23. The summed E-state index contributed by atoms with van der Waals surface area (Å²) in [5.41, 5.74) is -0.413. The third kappa shape index (κ3) is 4.12. The number of non-ortho nitro benzene ring substituents is 1. The Hall–Kier alpha value is -2.26. The van der Waals surface area contributed by atoms with E-state index in [-0.39, 0.29) is 29.2 Å². The second-order valence-electron chi connectivity index (χ2n) is 5.08. The van der Waals surface area contributed by atoms with Crippen LogP contribution in [0.5, 0.6) is 0 Å². The van der Waals surface area contributed by atoms with E-state index in [0.717, 1.165) is 12.5 Å². The van der Waals surface area contributed by atoms with Crippen LogP contribution in [0.25, 0.3) is 0 Å². The molecule has 2 unspecified atom stereocenters. The van der Waals surface area contributed by atoms with Crippen molar-refractivity contribution >= 4 is 17.1 Å². The molecule has 2 atom stereocenters. The maximum atomic E-state index is 11.0. The van der Waals surface area contributed by atoms with E-state index < -0.39 is 9.85 Å². The van der Waals surface area contributed by atoms with Crippen LogP contribution in [0.1, 0.15) is 13.3 Å². The van der Waals surface area contributed by atoms with Crippen LogP contribution in [0.2, 0.25) is 0 Å². The highest BCUT2D eigenvalue weighted by atomic mass is 16.6. The van der Waals surface area contributed by atoms with Gasteiger partial charge in [-0.2, -0.15) is 0 Å². The minimum Gasteiger partial charge on any atom is -0.379 e. The first-order valence-corrected chi connectivity index (χ1v) is 6.86. The van der Waals surface area contributed by atoms with Gasteiger partial charge in [0.1, 0.15) is 5.69 Å². The average molecular weight is 311 g/mol. The minimum absolute atomic E-state index is 0.0519. The molecule has 1 aliphatic heterocycles. The Morgan fingerprint density at radius 1 is 1.41 bits per heavy atom. The van der Waals surface area contributed by atoms with Crippen LogP contribution in [-0.2, 0) is 9.47 Å². The van der Waals surface area contributed by atoms with E-state index in [1.807, 2.05) is 6.92 Å². The monoisotopic (exact) mass is 311 g/mol. The van der Waals surface area contributed by atoms with E-state index in [9.17, 15) is 20.2 Å². The number of benzene rings is 1. The van der Waals surface area contributed by atoms with Crippen molar-refractivity contribution in [2.45, 2.75) is 25.5 Å². The topological polar surface area (TPSA) is 117 Å². The predicted molar refractivity (Wildman–Crippen MR) is 78.0 cm³/mol. The number of hydrogen-bond donors (Lipinski definition) is 1. The van der Waals surface area contributed by atoms with Crippen molar-refractivity contribution in [1.82, 2.24) is 0 Å². The van der Waals surface area contributed by atoms with Crippen LogP contribution in [0, 0.1) is 20.2 Å². The van der Waals surface area contributed by atoms with Gasteiger partial charge in [0, 0.05) is 18.7 Å². The highest BCUT2D eigenvalue weighted by molar-refractivity contribution is 5.65. The van der Waals surface area contributed by atoms with Crippen LogP contribution in [-0.4, -0.2) is 41.8 Å². The summed E-state index contributed by atoms with van der Waals surface area (Å²) in [5.74, 6) is 0. The van der Waals surface area contributed by atoms with Crippen molar-refractivity contribution in [3.05, 3.63) is 38.4 Å². The van der Waals surface area contributed by atoms with E-state index in [2.05, 4.69) is 5.32 Å². The molecule has 2 rings (SSSR count). The van der Waals surface area contributed by atoms with Gasteiger partial charge < -0.3 is 14.8 Å². The summed E-state index contributed by atoms with van der Waals surface area (Å²) in [6.45, 7) is 3.42. The van der Waals surface area contributed by atoms with Crippen LogP contribution in [0.3, 0.4) is 0 Å². The second-order valence-corrected chi connectivity index (χ2v) is 5.08. The SMILES string of the molecule is CC(COC1CCOC1)Nc1ccc([N+](=O)[O-])cc1[N+](=O)[O-]. The molecule has 9 nitrogen and oxygen atoms in total. The summed E-state index contributed by atoms with van der Waals surface area (Å²) in [5, 5.41) is 24.7. The summed E-state index contributed by atoms with van der Waals surface area (Å²) in [6.07, 6.45) is 0.890. The van der Waals surface area contributed by atoms with Crippen LogP contribution in [0.15, 0.2) is 18.2 Å². The zero-order valence-electron chi connectivity index (χ0n) is 12.1. The lowest BCUT2D eigenvalue weighted by molar-refractivity contribution is -0.393. The van der Waals surface area contributed by atoms with Gasteiger partial charge in [0.15, 0.2) is 0 Å². The molecule has 1 heterocycles. The molecule has 0 radical (unpaired) electrons. The molecule has 1 fully saturated rings. The van der Waals surface area contributed by atoms with Gasteiger partial charge in [-0.3, -0.25) is 20.2 Å². The Morgan fingerprint density at radius 3 is 2.77 bits per heavy atom. The smallest absolute Gasteiger partial charge is 0.299 e. The van der Waals surface area contributed by atoms with Gasteiger partial charge in [-0.15, -0.1) is 0 Å². The summed E-state index contributed by atoms with van der Waals surface area (Å²) < 4.78 is 10.8. The number of nitro benzene ring substituents is 2. The van der Waals surface area contributed by atoms with E-state index in [0.29, 0.717) is 19.8 Å². The summed E-state index contributed by atoms with van der Waals surface area (Å²) in [4.78, 5) is 20.4. The predicted octanol–water partition coefficient (Wildman–Crippen LogP) is 2.11. The molecule has 0 aliphatic carbocycles. The van der Waals surface area contributed by atoms with Gasteiger partial charge in [0.25, 0.3) is 11.4 Å². The summed E-state index contributed by atoms with van der Waals surface area (Å²) >= 11 is 0. The maximum Gasteiger partial charge on any atom is 0.299 e. The average Bonchev–Trinajstić information content (AvgIpc) is 2.98. The molecule has 0 amide bonds. The molecule has 1 N–H and O–H groups in total. The number of hydrogen-bond acceptors (Lipinski definition) is 7. The standard InChI is InChI=1S/C13H17N3O6/c1-9(7-22-11-4-5-21-8-11)14-12-3-2-10(15(17)18)6-13(12)16(19)20/h2-3,6,9,11,14H,4-5,7-8H2,1H3. The van der Waals surface area contributed by atoms with Gasteiger partial charge in [-0.1, -0.05) is 0 Å². The largest absolute Gasteiger partial charge is 0.379 e. The Morgan fingerprint density at radius 2 is 2.18 bits per heavy atom. The summed E-state index contributed by atoms with van der Waals surface area (Å²) in [7, 11) is 0. The minimum atomic E-state index is -0.663. The Balaban J connectivity index is 2.01. The zero-order valence-corrected chi connectivity index (χ0v) is 12.1. The molecule has 120 valence electrons. The fourth-order valence-corrected chi connectivity index (χ4v) is 2.14. The quantitative estimate of drug-likeness (QED) is 0.605. The van der Waals surface area contributed by atoms with Crippen molar-refractivity contribution < 1.29 is 19.3 Å². The van der Waals surface area contributed by atoms with Crippen molar-refractivity contribution in [3.63, 3.8) is 0 Å². The molecule has 1 saturated heterocycles.